The quantitative estimate of drug-likeness (QED) is 0.355. The Bertz CT molecular complexity index is 1120. The molecule has 2 heterocycles. The fraction of sp³-hybridized carbons (Fsp3) is 0.280. The van der Waals surface area contributed by atoms with E-state index in [4.69, 9.17) is 14.7 Å². The van der Waals surface area contributed by atoms with Gasteiger partial charge in [0.05, 0.1) is 5.69 Å². The van der Waals surface area contributed by atoms with Crippen molar-refractivity contribution >= 4 is 22.7 Å². The Morgan fingerprint density at radius 2 is 1.73 bits per heavy atom. The zero-order chi connectivity index (χ0) is 20.9. The molecule has 0 amide bonds. The fourth-order valence-corrected chi connectivity index (χ4v) is 4.12. The summed E-state index contributed by atoms with van der Waals surface area (Å²) in [7, 11) is 0. The van der Waals surface area contributed by atoms with Gasteiger partial charge < -0.3 is 9.72 Å². The van der Waals surface area contributed by atoms with Crippen LogP contribution < -0.4 is 4.74 Å². The third-order valence-corrected chi connectivity index (χ3v) is 5.73. The zero-order valence-electron chi connectivity index (χ0n) is 17.7. The van der Waals surface area contributed by atoms with Crippen LogP contribution in [0.4, 0.5) is 0 Å². The number of hydrogen-bond acceptors (Lipinski definition) is 4. The van der Waals surface area contributed by atoms with Gasteiger partial charge in [-0.05, 0) is 35.8 Å². The van der Waals surface area contributed by atoms with Crippen molar-refractivity contribution in [3.05, 3.63) is 83.3 Å². The Kier molecular flexibility index (Phi) is 6.38. The first-order chi connectivity index (χ1) is 14.6. The highest BCUT2D eigenvalue weighted by molar-refractivity contribution is 7.98. The average molecular weight is 418 g/mol. The summed E-state index contributed by atoms with van der Waals surface area (Å²) in [6, 6.07) is 18.6. The Morgan fingerprint density at radius 3 is 2.50 bits per heavy atom. The first-order valence-electron chi connectivity index (χ1n) is 10.3. The number of ether oxygens (including phenoxy) is 1. The second-order valence-corrected chi connectivity index (χ2v) is 8.63. The van der Waals surface area contributed by atoms with E-state index in [9.17, 15) is 0 Å². The summed E-state index contributed by atoms with van der Waals surface area (Å²) >= 11 is 1.65. The highest BCUT2D eigenvalue weighted by atomic mass is 32.2. The molecular weight excluding hydrogens is 390 g/mol. The van der Waals surface area contributed by atoms with Crippen molar-refractivity contribution < 1.29 is 4.74 Å². The highest BCUT2D eigenvalue weighted by Gasteiger charge is 2.17. The van der Waals surface area contributed by atoms with Crippen LogP contribution in [0.3, 0.4) is 0 Å². The van der Waals surface area contributed by atoms with Gasteiger partial charge in [0.1, 0.15) is 17.3 Å². The lowest BCUT2D eigenvalue weighted by molar-refractivity contribution is 0.285. The molecule has 4 aromatic rings. The molecule has 0 aliphatic rings. The monoisotopic (exact) mass is 417 g/mol. The maximum absolute atomic E-state index is 6.18. The number of H-pyrrole nitrogens is 1. The van der Waals surface area contributed by atoms with Crippen molar-refractivity contribution in [1.29, 1.82) is 0 Å². The molecule has 0 fully saturated rings. The number of aromatic amines is 1. The summed E-state index contributed by atoms with van der Waals surface area (Å²) < 4.78 is 6.18. The second kappa shape index (κ2) is 9.35. The lowest BCUT2D eigenvalue weighted by Crippen LogP contribution is -2.09. The SMILES string of the molecule is CSc1nc(CC(C)C)c(OCc2ccccc2)nc1Cc1c[nH]c2ccccc12. The number of nitrogens with zero attached hydrogens (tertiary/aromatic N) is 2. The van der Waals surface area contributed by atoms with E-state index in [1.807, 2.05) is 24.3 Å². The third kappa shape index (κ3) is 4.68. The smallest absolute Gasteiger partial charge is 0.236 e. The van der Waals surface area contributed by atoms with Crippen molar-refractivity contribution in [3.8, 4) is 5.88 Å². The van der Waals surface area contributed by atoms with E-state index in [0.717, 1.165) is 40.3 Å². The van der Waals surface area contributed by atoms with Crippen LogP contribution in [0.15, 0.2) is 65.8 Å². The standard InChI is InChI=1S/C25H27N3OS/c1-17(2)13-22-24(29-16-18-9-5-4-6-10-18)27-23(25(28-22)30-3)14-19-15-26-21-12-8-7-11-20(19)21/h4-12,15,17,26H,13-14,16H2,1-3H3. The van der Waals surface area contributed by atoms with Crippen LogP contribution >= 0.6 is 11.8 Å². The molecule has 0 saturated heterocycles. The molecule has 0 saturated carbocycles. The molecule has 0 spiro atoms. The number of aromatic nitrogens is 3. The summed E-state index contributed by atoms with van der Waals surface area (Å²) in [6.45, 7) is 4.88. The summed E-state index contributed by atoms with van der Waals surface area (Å²) in [6.07, 6.45) is 5.70. The Hall–Kier alpha value is -2.79. The lowest BCUT2D eigenvalue weighted by Gasteiger charge is -2.15. The summed E-state index contributed by atoms with van der Waals surface area (Å²) in [5, 5.41) is 2.20. The molecule has 0 atom stereocenters. The van der Waals surface area contributed by atoms with Crippen LogP contribution in [0.1, 0.15) is 36.4 Å². The number of thioether (sulfide) groups is 1. The highest BCUT2D eigenvalue weighted by Crippen LogP contribution is 2.28. The molecule has 30 heavy (non-hydrogen) atoms. The normalized spacial score (nSPS) is 11.3. The van der Waals surface area contributed by atoms with Crippen LogP contribution in [0, 0.1) is 5.92 Å². The van der Waals surface area contributed by atoms with Gasteiger partial charge in [-0.1, -0.05) is 62.4 Å². The van der Waals surface area contributed by atoms with E-state index >= 15 is 0 Å². The molecule has 0 bridgehead atoms. The van der Waals surface area contributed by atoms with E-state index in [0.29, 0.717) is 18.4 Å². The molecule has 5 heteroatoms. The number of nitrogens with one attached hydrogen (secondary N) is 1. The largest absolute Gasteiger partial charge is 0.471 e. The predicted molar refractivity (Wildman–Crippen MR) is 124 cm³/mol. The van der Waals surface area contributed by atoms with Crippen LogP contribution in [0.2, 0.25) is 0 Å². The minimum Gasteiger partial charge on any atom is -0.471 e. The van der Waals surface area contributed by atoms with Gasteiger partial charge in [-0.2, -0.15) is 0 Å². The lowest BCUT2D eigenvalue weighted by atomic mass is 10.1. The van der Waals surface area contributed by atoms with Crippen LogP contribution in [0.5, 0.6) is 5.88 Å². The summed E-state index contributed by atoms with van der Waals surface area (Å²) in [5.41, 5.74) is 5.39. The van der Waals surface area contributed by atoms with Crippen molar-refractivity contribution in [2.75, 3.05) is 6.26 Å². The number of benzene rings is 2. The van der Waals surface area contributed by atoms with Gasteiger partial charge in [0, 0.05) is 23.5 Å². The summed E-state index contributed by atoms with van der Waals surface area (Å²) in [5.74, 6) is 1.13. The molecule has 2 aromatic heterocycles. The Morgan fingerprint density at radius 1 is 0.967 bits per heavy atom. The molecule has 0 aliphatic heterocycles. The molecule has 0 radical (unpaired) electrons. The topological polar surface area (TPSA) is 50.8 Å². The first-order valence-corrected chi connectivity index (χ1v) is 11.5. The number of fused-ring (bicyclic) bond motifs is 1. The van der Waals surface area contributed by atoms with E-state index in [-0.39, 0.29) is 0 Å². The van der Waals surface area contributed by atoms with Gasteiger partial charge >= 0.3 is 0 Å². The number of para-hydroxylation sites is 1. The number of hydrogen-bond donors (Lipinski definition) is 1. The van der Waals surface area contributed by atoms with Gasteiger partial charge in [-0.15, -0.1) is 11.8 Å². The molecule has 1 N–H and O–H groups in total. The van der Waals surface area contributed by atoms with Crippen molar-refractivity contribution in [3.63, 3.8) is 0 Å². The van der Waals surface area contributed by atoms with Crippen molar-refractivity contribution in [2.45, 2.75) is 38.3 Å². The summed E-state index contributed by atoms with van der Waals surface area (Å²) in [4.78, 5) is 13.3. The molecule has 0 aliphatic carbocycles. The molecule has 4 nitrogen and oxygen atoms in total. The predicted octanol–water partition coefficient (Wildman–Crippen LogP) is 6.05. The molecule has 4 rings (SSSR count). The Balaban J connectivity index is 1.68. The Labute approximate surface area is 182 Å². The second-order valence-electron chi connectivity index (χ2n) is 7.84. The van der Waals surface area contributed by atoms with Crippen LogP contribution in [-0.4, -0.2) is 21.2 Å². The van der Waals surface area contributed by atoms with E-state index in [1.54, 1.807) is 11.8 Å². The molecule has 154 valence electrons. The zero-order valence-corrected chi connectivity index (χ0v) is 18.5. The first kappa shape index (κ1) is 20.5. The van der Waals surface area contributed by atoms with E-state index in [1.165, 1.54) is 10.9 Å². The average Bonchev–Trinajstić information content (AvgIpc) is 3.16. The third-order valence-electron chi connectivity index (χ3n) is 5.01. The maximum atomic E-state index is 6.18. The van der Waals surface area contributed by atoms with Crippen molar-refractivity contribution in [1.82, 2.24) is 15.0 Å². The van der Waals surface area contributed by atoms with Gasteiger partial charge in [-0.3, -0.25) is 0 Å². The van der Waals surface area contributed by atoms with Gasteiger partial charge in [0.25, 0.3) is 0 Å². The van der Waals surface area contributed by atoms with Crippen LogP contribution in [-0.2, 0) is 19.4 Å². The van der Waals surface area contributed by atoms with E-state index in [2.05, 4.69) is 61.6 Å². The maximum Gasteiger partial charge on any atom is 0.236 e. The van der Waals surface area contributed by atoms with E-state index < -0.39 is 0 Å². The molecule has 0 unspecified atom stereocenters. The van der Waals surface area contributed by atoms with Crippen LogP contribution in [0.25, 0.3) is 10.9 Å². The fourth-order valence-electron chi connectivity index (χ4n) is 3.57. The van der Waals surface area contributed by atoms with Crippen molar-refractivity contribution in [2.24, 2.45) is 5.92 Å². The van der Waals surface area contributed by atoms with Gasteiger partial charge in [-0.25, -0.2) is 9.97 Å². The molecular formula is C25H27N3OS. The number of rotatable bonds is 8. The van der Waals surface area contributed by atoms with Gasteiger partial charge in [0.2, 0.25) is 5.88 Å². The van der Waals surface area contributed by atoms with Gasteiger partial charge in [0.15, 0.2) is 0 Å². The minimum absolute atomic E-state index is 0.479. The minimum atomic E-state index is 0.479. The molecule has 2 aromatic carbocycles.